The lowest BCUT2D eigenvalue weighted by atomic mass is 10.2. The Morgan fingerprint density at radius 1 is 1.32 bits per heavy atom. The Kier molecular flexibility index (Phi) is 5.16. The van der Waals surface area contributed by atoms with E-state index in [1.807, 2.05) is 20.8 Å². The third-order valence-corrected chi connectivity index (χ3v) is 3.75. The number of carbonyl (C=O) groups excluding carboxylic acids is 1. The van der Waals surface area contributed by atoms with Crippen molar-refractivity contribution >= 4 is 23.4 Å². The first-order chi connectivity index (χ1) is 10.2. The van der Waals surface area contributed by atoms with Crippen LogP contribution >= 0.6 is 11.6 Å². The third kappa shape index (κ3) is 5.05. The molecule has 1 fully saturated rings. The minimum absolute atomic E-state index is 0.0736. The fourth-order valence-electron chi connectivity index (χ4n) is 2.54. The maximum Gasteiger partial charge on any atom is 0.407 e. The van der Waals surface area contributed by atoms with Gasteiger partial charge in [0.1, 0.15) is 11.4 Å². The van der Waals surface area contributed by atoms with E-state index in [0.717, 1.165) is 19.3 Å². The Labute approximate surface area is 135 Å². The number of benzene rings is 1. The molecular weight excluding hydrogens is 307 g/mol. The second-order valence-corrected chi connectivity index (χ2v) is 7.03. The fourth-order valence-corrected chi connectivity index (χ4v) is 2.66. The summed E-state index contributed by atoms with van der Waals surface area (Å²) in [5, 5.41) is 6.26. The SMILES string of the molecule is CC(C)(C)OC(=O)NC1CCC(Nc2ccc(Cl)c(F)c2)C1. The zero-order valence-electron chi connectivity index (χ0n) is 13.1. The predicted octanol–water partition coefficient (Wildman–Crippen LogP) is 4.34. The maximum atomic E-state index is 13.4. The molecule has 1 saturated carbocycles. The molecule has 2 N–H and O–H groups in total. The van der Waals surface area contributed by atoms with E-state index in [1.165, 1.54) is 12.1 Å². The molecule has 2 atom stereocenters. The molecular formula is C16H22ClFN2O2. The number of alkyl carbamates (subject to hydrolysis) is 1. The van der Waals surface area contributed by atoms with Crippen molar-refractivity contribution in [2.75, 3.05) is 5.32 Å². The van der Waals surface area contributed by atoms with Crippen LogP contribution in [-0.4, -0.2) is 23.8 Å². The van der Waals surface area contributed by atoms with Crippen LogP contribution in [0.2, 0.25) is 5.02 Å². The van der Waals surface area contributed by atoms with Gasteiger partial charge in [-0.25, -0.2) is 9.18 Å². The average molecular weight is 329 g/mol. The Balaban J connectivity index is 1.82. The van der Waals surface area contributed by atoms with E-state index < -0.39 is 17.5 Å². The first-order valence-corrected chi connectivity index (χ1v) is 7.82. The second-order valence-electron chi connectivity index (χ2n) is 6.63. The Morgan fingerprint density at radius 2 is 2.00 bits per heavy atom. The summed E-state index contributed by atoms with van der Waals surface area (Å²) in [6.07, 6.45) is 2.16. The minimum atomic E-state index is -0.499. The lowest BCUT2D eigenvalue weighted by Gasteiger charge is -2.22. The summed E-state index contributed by atoms with van der Waals surface area (Å²) in [6, 6.07) is 4.94. The molecule has 1 aromatic rings. The first kappa shape index (κ1) is 16.9. The van der Waals surface area contributed by atoms with Gasteiger partial charge in [0.05, 0.1) is 5.02 Å². The van der Waals surface area contributed by atoms with Crippen molar-refractivity contribution in [3.63, 3.8) is 0 Å². The van der Waals surface area contributed by atoms with Gasteiger partial charge in [0, 0.05) is 17.8 Å². The monoisotopic (exact) mass is 328 g/mol. The molecule has 2 unspecified atom stereocenters. The van der Waals surface area contributed by atoms with Crippen LogP contribution in [0.4, 0.5) is 14.9 Å². The quantitative estimate of drug-likeness (QED) is 0.868. The number of rotatable bonds is 3. The van der Waals surface area contributed by atoms with Crippen LogP contribution in [0.3, 0.4) is 0 Å². The molecule has 1 aliphatic carbocycles. The molecule has 0 radical (unpaired) electrons. The van der Waals surface area contributed by atoms with Crippen molar-refractivity contribution in [1.82, 2.24) is 5.32 Å². The van der Waals surface area contributed by atoms with Crippen LogP contribution < -0.4 is 10.6 Å². The van der Waals surface area contributed by atoms with Crippen LogP contribution in [-0.2, 0) is 4.74 Å². The molecule has 0 heterocycles. The van der Waals surface area contributed by atoms with Crippen LogP contribution in [0.25, 0.3) is 0 Å². The van der Waals surface area contributed by atoms with Gasteiger partial charge in [-0.3, -0.25) is 0 Å². The summed E-state index contributed by atoms with van der Waals surface area (Å²) in [5.74, 6) is -0.437. The van der Waals surface area contributed by atoms with Gasteiger partial charge in [-0.15, -0.1) is 0 Å². The zero-order valence-corrected chi connectivity index (χ0v) is 13.8. The Bertz CT molecular complexity index is 545. The Hall–Kier alpha value is -1.49. The summed E-state index contributed by atoms with van der Waals surface area (Å²) in [7, 11) is 0. The Morgan fingerprint density at radius 3 is 2.64 bits per heavy atom. The molecule has 0 spiro atoms. The highest BCUT2D eigenvalue weighted by Gasteiger charge is 2.27. The standard InChI is InChI=1S/C16H22ClFN2O2/c1-16(2,3)22-15(21)20-11-5-4-10(8-11)19-12-6-7-13(17)14(18)9-12/h6-7,9-11,19H,4-5,8H2,1-3H3,(H,20,21). The molecule has 0 aliphatic heterocycles. The summed E-state index contributed by atoms with van der Waals surface area (Å²) in [6.45, 7) is 5.50. The number of ether oxygens (including phenoxy) is 1. The largest absolute Gasteiger partial charge is 0.444 e. The highest BCUT2D eigenvalue weighted by atomic mass is 35.5. The number of anilines is 1. The van der Waals surface area contributed by atoms with E-state index in [-0.39, 0.29) is 17.1 Å². The minimum Gasteiger partial charge on any atom is -0.444 e. The fraction of sp³-hybridized carbons (Fsp3) is 0.562. The molecule has 0 saturated heterocycles. The molecule has 0 bridgehead atoms. The average Bonchev–Trinajstić information content (AvgIpc) is 2.78. The van der Waals surface area contributed by atoms with Gasteiger partial charge in [0.25, 0.3) is 0 Å². The van der Waals surface area contributed by atoms with Gasteiger partial charge in [-0.2, -0.15) is 0 Å². The van der Waals surface area contributed by atoms with Gasteiger partial charge in [0.2, 0.25) is 0 Å². The number of amides is 1. The molecule has 1 aliphatic rings. The van der Waals surface area contributed by atoms with E-state index >= 15 is 0 Å². The van der Waals surface area contributed by atoms with Gasteiger partial charge in [0.15, 0.2) is 0 Å². The van der Waals surface area contributed by atoms with Crippen LogP contribution in [0.5, 0.6) is 0 Å². The van der Waals surface area contributed by atoms with Crippen molar-refractivity contribution in [3.05, 3.63) is 29.0 Å². The van der Waals surface area contributed by atoms with Crippen LogP contribution in [0.1, 0.15) is 40.0 Å². The summed E-state index contributed by atoms with van der Waals surface area (Å²) < 4.78 is 18.7. The van der Waals surface area contributed by atoms with Gasteiger partial charge < -0.3 is 15.4 Å². The van der Waals surface area contributed by atoms with Crippen molar-refractivity contribution < 1.29 is 13.9 Å². The second kappa shape index (κ2) is 6.73. The van der Waals surface area contributed by atoms with Crippen LogP contribution in [0.15, 0.2) is 18.2 Å². The van der Waals surface area contributed by atoms with E-state index in [9.17, 15) is 9.18 Å². The molecule has 1 amide bonds. The normalized spacial score (nSPS) is 21.5. The van der Waals surface area contributed by atoms with E-state index in [2.05, 4.69) is 10.6 Å². The molecule has 22 heavy (non-hydrogen) atoms. The number of hydrogen-bond acceptors (Lipinski definition) is 3. The maximum absolute atomic E-state index is 13.4. The van der Waals surface area contributed by atoms with Gasteiger partial charge in [-0.05, 0) is 58.2 Å². The van der Waals surface area contributed by atoms with E-state index in [0.29, 0.717) is 5.69 Å². The summed E-state index contributed by atoms with van der Waals surface area (Å²) in [5.41, 5.74) is 0.200. The highest BCUT2D eigenvalue weighted by molar-refractivity contribution is 6.30. The molecule has 1 aromatic carbocycles. The molecule has 122 valence electrons. The van der Waals surface area contributed by atoms with Crippen molar-refractivity contribution in [2.24, 2.45) is 0 Å². The van der Waals surface area contributed by atoms with Crippen molar-refractivity contribution in [3.8, 4) is 0 Å². The molecule has 6 heteroatoms. The lowest BCUT2D eigenvalue weighted by Crippen LogP contribution is -2.38. The highest BCUT2D eigenvalue weighted by Crippen LogP contribution is 2.25. The molecule has 4 nitrogen and oxygen atoms in total. The number of carbonyl (C=O) groups is 1. The number of halogens is 2. The van der Waals surface area contributed by atoms with Gasteiger partial charge in [-0.1, -0.05) is 11.6 Å². The molecule has 2 rings (SSSR count). The third-order valence-electron chi connectivity index (χ3n) is 3.44. The number of nitrogens with one attached hydrogen (secondary N) is 2. The first-order valence-electron chi connectivity index (χ1n) is 7.44. The predicted molar refractivity (Wildman–Crippen MR) is 85.8 cm³/mol. The van der Waals surface area contributed by atoms with Crippen molar-refractivity contribution in [2.45, 2.75) is 57.7 Å². The summed E-state index contributed by atoms with van der Waals surface area (Å²) in [4.78, 5) is 11.7. The van der Waals surface area contributed by atoms with E-state index in [4.69, 9.17) is 16.3 Å². The molecule has 0 aromatic heterocycles. The zero-order chi connectivity index (χ0) is 16.3. The summed E-state index contributed by atoms with van der Waals surface area (Å²) >= 11 is 5.67. The topological polar surface area (TPSA) is 50.4 Å². The lowest BCUT2D eigenvalue weighted by molar-refractivity contribution is 0.0505. The van der Waals surface area contributed by atoms with Crippen LogP contribution in [0, 0.1) is 5.82 Å². The smallest absolute Gasteiger partial charge is 0.407 e. The number of hydrogen-bond donors (Lipinski definition) is 2. The van der Waals surface area contributed by atoms with Gasteiger partial charge >= 0.3 is 6.09 Å². The van der Waals surface area contributed by atoms with E-state index in [1.54, 1.807) is 6.07 Å². The van der Waals surface area contributed by atoms with Crippen molar-refractivity contribution in [1.29, 1.82) is 0 Å².